The smallest absolute Gasteiger partial charge is 0.263 e. The number of carbonyl (C=O) groups excluding carboxylic acids is 2. The summed E-state index contributed by atoms with van der Waals surface area (Å²) in [6.45, 7) is 4.85. The van der Waals surface area contributed by atoms with Gasteiger partial charge >= 0.3 is 0 Å². The zero-order chi connectivity index (χ0) is 23.3. The molecule has 0 aliphatic heterocycles. The normalized spacial score (nSPS) is 12.4. The molecule has 0 aliphatic rings. The van der Waals surface area contributed by atoms with E-state index in [1.54, 1.807) is 29.7 Å². The molecule has 2 aromatic heterocycles. The van der Waals surface area contributed by atoms with E-state index >= 15 is 0 Å². The molecule has 0 saturated carbocycles. The van der Waals surface area contributed by atoms with Gasteiger partial charge in [0.15, 0.2) is 20.5 Å². The Balaban J connectivity index is 1.77. The second-order valence-corrected chi connectivity index (χ2v) is 10.3. The van der Waals surface area contributed by atoms with Gasteiger partial charge in [-0.05, 0) is 32.0 Å². The molecule has 1 aromatic carbocycles. The highest BCUT2D eigenvalue weighted by atomic mass is 35.5. The molecule has 2 amide bonds. The first-order chi connectivity index (χ1) is 15.2. The standard InChI is InChI=1S/C19H21ClN4O6S2/c1-3-29-7-6-24-14-5-4-13(20)9-15(14)31-19(24)22-18(26)11-32(27,28)10-17(25)21-16-8-12(2)30-23-16/h4-5,8-9H,3,6-7,10-11H2,1-2H3,(H,21,23,25). The van der Waals surface area contributed by atoms with Crippen molar-refractivity contribution in [2.45, 2.75) is 20.4 Å². The molecule has 0 radical (unpaired) electrons. The highest BCUT2D eigenvalue weighted by molar-refractivity contribution is 7.92. The van der Waals surface area contributed by atoms with Crippen molar-refractivity contribution in [1.29, 1.82) is 0 Å². The zero-order valence-electron chi connectivity index (χ0n) is 17.3. The largest absolute Gasteiger partial charge is 0.380 e. The van der Waals surface area contributed by atoms with Crippen molar-refractivity contribution in [3.63, 3.8) is 0 Å². The molecule has 0 spiro atoms. The van der Waals surface area contributed by atoms with Crippen LogP contribution in [0.5, 0.6) is 0 Å². The van der Waals surface area contributed by atoms with Crippen molar-refractivity contribution in [3.05, 3.63) is 39.8 Å². The molecule has 172 valence electrons. The number of thiazole rings is 1. The summed E-state index contributed by atoms with van der Waals surface area (Å²) in [5, 5.41) is 6.40. The minimum atomic E-state index is -4.05. The number of benzene rings is 1. The Kier molecular flexibility index (Phi) is 7.82. The van der Waals surface area contributed by atoms with E-state index in [-0.39, 0.29) is 5.82 Å². The van der Waals surface area contributed by atoms with E-state index in [1.165, 1.54) is 17.4 Å². The quantitative estimate of drug-likeness (QED) is 0.445. The molecule has 0 atom stereocenters. The minimum Gasteiger partial charge on any atom is -0.380 e. The van der Waals surface area contributed by atoms with Gasteiger partial charge in [-0.25, -0.2) is 8.42 Å². The van der Waals surface area contributed by atoms with Gasteiger partial charge in [-0.3, -0.25) is 9.59 Å². The summed E-state index contributed by atoms with van der Waals surface area (Å²) in [7, 11) is -4.05. The van der Waals surface area contributed by atoms with E-state index < -0.39 is 33.2 Å². The number of aryl methyl sites for hydroxylation is 1. The van der Waals surface area contributed by atoms with Gasteiger partial charge in [-0.15, -0.1) is 0 Å². The van der Waals surface area contributed by atoms with Crippen LogP contribution in [0.3, 0.4) is 0 Å². The van der Waals surface area contributed by atoms with Crippen molar-refractivity contribution in [1.82, 2.24) is 9.72 Å². The number of amides is 2. The van der Waals surface area contributed by atoms with Gasteiger partial charge in [0.1, 0.15) is 17.3 Å². The Morgan fingerprint density at radius 3 is 2.78 bits per heavy atom. The van der Waals surface area contributed by atoms with Gasteiger partial charge in [0.25, 0.3) is 5.91 Å². The summed E-state index contributed by atoms with van der Waals surface area (Å²) in [4.78, 5) is 28.7. The Hall–Kier alpha value is -2.54. The molecular weight excluding hydrogens is 480 g/mol. The number of aromatic nitrogens is 2. The fraction of sp³-hybridized carbons (Fsp3) is 0.368. The lowest BCUT2D eigenvalue weighted by Gasteiger charge is -2.05. The van der Waals surface area contributed by atoms with E-state index in [0.717, 1.165) is 10.2 Å². The SMILES string of the molecule is CCOCCn1c(=NC(=O)CS(=O)(=O)CC(=O)Nc2cc(C)on2)sc2cc(Cl)ccc21. The first-order valence-corrected chi connectivity index (χ1v) is 12.6. The number of anilines is 1. The second-order valence-electron chi connectivity index (χ2n) is 6.75. The predicted octanol–water partition coefficient (Wildman–Crippen LogP) is 2.17. The Bertz CT molecular complexity index is 1310. The third-order valence-corrected chi connectivity index (χ3v) is 6.78. The number of halogens is 1. The summed E-state index contributed by atoms with van der Waals surface area (Å²) in [6, 6.07) is 6.71. The third kappa shape index (κ3) is 6.48. The molecule has 10 nitrogen and oxygen atoms in total. The number of ether oxygens (including phenoxy) is 1. The molecule has 0 unspecified atom stereocenters. The van der Waals surface area contributed by atoms with Crippen molar-refractivity contribution < 1.29 is 27.3 Å². The molecule has 0 aliphatic carbocycles. The molecule has 1 N–H and O–H groups in total. The second kappa shape index (κ2) is 10.4. The van der Waals surface area contributed by atoms with Crippen molar-refractivity contribution >= 4 is 60.6 Å². The predicted molar refractivity (Wildman–Crippen MR) is 120 cm³/mol. The minimum absolute atomic E-state index is 0.0954. The van der Waals surface area contributed by atoms with Crippen molar-refractivity contribution in [2.24, 2.45) is 4.99 Å². The fourth-order valence-corrected chi connectivity index (χ4v) is 5.19. The maximum atomic E-state index is 12.4. The maximum Gasteiger partial charge on any atom is 0.263 e. The molecular formula is C19H21ClN4O6S2. The number of sulfone groups is 1. The summed E-state index contributed by atoms with van der Waals surface area (Å²) in [5.41, 5.74) is 0.802. The lowest BCUT2D eigenvalue weighted by Crippen LogP contribution is -2.28. The van der Waals surface area contributed by atoms with E-state index in [0.29, 0.717) is 35.3 Å². The number of carbonyl (C=O) groups is 2. The first kappa shape index (κ1) is 24.1. The summed E-state index contributed by atoms with van der Waals surface area (Å²) < 4.78 is 37.4. The average molecular weight is 501 g/mol. The maximum absolute atomic E-state index is 12.4. The molecule has 0 fully saturated rings. The van der Waals surface area contributed by atoms with Crippen LogP contribution in [0.15, 0.2) is 33.8 Å². The Labute approximate surface area is 192 Å². The summed E-state index contributed by atoms with van der Waals surface area (Å²) >= 11 is 7.27. The number of nitrogens with one attached hydrogen (secondary N) is 1. The Morgan fingerprint density at radius 2 is 2.09 bits per heavy atom. The zero-order valence-corrected chi connectivity index (χ0v) is 19.7. The topological polar surface area (TPSA) is 133 Å². The monoisotopic (exact) mass is 500 g/mol. The van der Waals surface area contributed by atoms with Crippen LogP contribution < -0.4 is 10.1 Å². The van der Waals surface area contributed by atoms with Gasteiger partial charge in [-0.2, -0.15) is 4.99 Å². The van der Waals surface area contributed by atoms with Crippen LogP contribution >= 0.6 is 22.9 Å². The van der Waals surface area contributed by atoms with Gasteiger partial charge in [0, 0.05) is 24.2 Å². The van der Waals surface area contributed by atoms with E-state index in [1.807, 2.05) is 6.92 Å². The van der Waals surface area contributed by atoms with Crippen LogP contribution in [0.4, 0.5) is 5.82 Å². The van der Waals surface area contributed by atoms with Crippen LogP contribution in [-0.2, 0) is 30.7 Å². The van der Waals surface area contributed by atoms with Crippen LogP contribution in [0.1, 0.15) is 12.7 Å². The summed E-state index contributed by atoms with van der Waals surface area (Å²) in [6.07, 6.45) is 0. The number of rotatable bonds is 9. The van der Waals surface area contributed by atoms with Gasteiger partial charge in [-0.1, -0.05) is 28.1 Å². The molecule has 3 aromatic rings. The third-order valence-electron chi connectivity index (χ3n) is 4.12. The Morgan fingerprint density at radius 1 is 1.31 bits per heavy atom. The average Bonchev–Trinajstić information content (AvgIpc) is 3.23. The van der Waals surface area contributed by atoms with Gasteiger partial charge in [0.05, 0.1) is 16.8 Å². The number of fused-ring (bicyclic) bond motifs is 1. The van der Waals surface area contributed by atoms with Crippen molar-refractivity contribution in [2.75, 3.05) is 30.0 Å². The molecule has 2 heterocycles. The van der Waals surface area contributed by atoms with E-state index in [2.05, 4.69) is 15.5 Å². The number of nitrogens with zero attached hydrogens (tertiary/aromatic N) is 3. The van der Waals surface area contributed by atoms with Crippen LogP contribution in [0, 0.1) is 6.92 Å². The fourth-order valence-electron chi connectivity index (χ4n) is 2.83. The molecule has 32 heavy (non-hydrogen) atoms. The van der Waals surface area contributed by atoms with Crippen LogP contribution in [-0.4, -0.2) is 54.7 Å². The van der Waals surface area contributed by atoms with Gasteiger partial charge in [0.2, 0.25) is 5.91 Å². The van der Waals surface area contributed by atoms with E-state index in [9.17, 15) is 18.0 Å². The highest BCUT2D eigenvalue weighted by Crippen LogP contribution is 2.22. The first-order valence-electron chi connectivity index (χ1n) is 9.54. The van der Waals surface area contributed by atoms with Crippen LogP contribution in [0.2, 0.25) is 5.02 Å². The van der Waals surface area contributed by atoms with E-state index in [4.69, 9.17) is 20.9 Å². The van der Waals surface area contributed by atoms with Crippen molar-refractivity contribution in [3.8, 4) is 0 Å². The highest BCUT2D eigenvalue weighted by Gasteiger charge is 2.22. The van der Waals surface area contributed by atoms with Crippen LogP contribution in [0.25, 0.3) is 10.2 Å². The lowest BCUT2D eigenvalue weighted by molar-refractivity contribution is -0.115. The molecule has 3 rings (SSSR count). The molecule has 0 saturated heterocycles. The molecule has 0 bridgehead atoms. The number of hydrogen-bond acceptors (Lipinski definition) is 8. The van der Waals surface area contributed by atoms with Gasteiger partial charge < -0.3 is 19.1 Å². The number of hydrogen-bond donors (Lipinski definition) is 1. The lowest BCUT2D eigenvalue weighted by atomic mass is 10.3. The summed E-state index contributed by atoms with van der Waals surface area (Å²) in [5.74, 6) is -2.93. The molecule has 13 heteroatoms.